The summed E-state index contributed by atoms with van der Waals surface area (Å²) in [6.45, 7) is 7.47. The summed E-state index contributed by atoms with van der Waals surface area (Å²) in [5.41, 5.74) is 10.0. The van der Waals surface area contributed by atoms with Gasteiger partial charge in [0.25, 0.3) is 0 Å². The van der Waals surface area contributed by atoms with Crippen LogP contribution in [0, 0.1) is 13.8 Å². The van der Waals surface area contributed by atoms with Crippen molar-refractivity contribution < 1.29 is 40.9 Å². The van der Waals surface area contributed by atoms with E-state index in [0.717, 1.165) is 39.0 Å². The number of aromatic nitrogens is 4. The number of fused-ring (bicyclic) bond motifs is 2. The summed E-state index contributed by atoms with van der Waals surface area (Å²) in [5.74, 6) is 0.0620. The molecule has 1 atom stereocenters. The first-order valence-corrected chi connectivity index (χ1v) is 12.6. The monoisotopic (exact) mass is 537 g/mol. The predicted molar refractivity (Wildman–Crippen MR) is 159 cm³/mol. The molecule has 0 saturated carbocycles. The average molecular weight is 537 g/mol. The summed E-state index contributed by atoms with van der Waals surface area (Å²) in [7, 11) is 0. The van der Waals surface area contributed by atoms with Crippen molar-refractivity contribution in [1.82, 2.24) is 19.1 Å². The van der Waals surface area contributed by atoms with E-state index in [0.29, 0.717) is 5.56 Å². The third-order valence-electron chi connectivity index (χ3n) is 6.57. The number of carbonyl (C=O) groups excluding carboxylic acids is 1. The third kappa shape index (κ3) is 6.62. The second-order valence-electron chi connectivity index (χ2n) is 9.59. The maximum Gasteiger partial charge on any atom is 1.00 e. The fraction of sp³-hybridized carbons (Fsp3) is 0.156. The Labute approximate surface area is 260 Å². The van der Waals surface area contributed by atoms with E-state index < -0.39 is 6.10 Å². The molecule has 0 amide bonds. The maximum atomic E-state index is 11.4. The molecule has 4 aromatic carbocycles. The topological polar surface area (TPSA) is 72.9 Å². The summed E-state index contributed by atoms with van der Waals surface area (Å²) < 4.78 is 4.10. The molecule has 6 rings (SSSR count). The van der Waals surface area contributed by atoms with Crippen molar-refractivity contribution in [2.45, 2.75) is 33.8 Å². The van der Waals surface area contributed by atoms with E-state index in [2.05, 4.69) is 58.7 Å². The summed E-state index contributed by atoms with van der Waals surface area (Å²) >= 11 is 0. The minimum atomic E-state index is -0.464. The molecule has 3 radical (unpaired) electrons. The number of aliphatic hydroxyl groups is 1. The zero-order valence-corrected chi connectivity index (χ0v) is 25.5. The fourth-order valence-electron chi connectivity index (χ4n) is 4.49. The number of aliphatic hydroxyl groups excluding tert-OH is 1. The van der Waals surface area contributed by atoms with Crippen molar-refractivity contribution >= 4 is 36.3 Å². The number of imidazole rings is 2. The average Bonchev–Trinajstić information content (AvgIpc) is 3.52. The summed E-state index contributed by atoms with van der Waals surface area (Å²) in [5, 5.41) is 9.61. The quantitative estimate of drug-likeness (QED) is 0.275. The van der Waals surface area contributed by atoms with E-state index in [4.69, 9.17) is 0 Å². The van der Waals surface area contributed by atoms with Gasteiger partial charge in [-0.1, -0.05) is 30.3 Å². The summed E-state index contributed by atoms with van der Waals surface area (Å²) in [4.78, 5) is 20.2. The van der Waals surface area contributed by atoms with Crippen LogP contribution in [0.15, 0.2) is 97.6 Å². The van der Waals surface area contributed by atoms with E-state index in [1.54, 1.807) is 20.2 Å². The molecule has 1 unspecified atom stereocenters. The van der Waals surface area contributed by atoms with Crippen LogP contribution < -0.4 is 29.6 Å². The van der Waals surface area contributed by atoms with Crippen molar-refractivity contribution in [3.05, 3.63) is 120 Å². The number of carbonyl (C=O) groups is 1. The van der Waals surface area contributed by atoms with Crippen molar-refractivity contribution in [3.8, 4) is 11.4 Å². The Morgan fingerprint density at radius 1 is 0.775 bits per heavy atom. The van der Waals surface area contributed by atoms with Gasteiger partial charge in [-0.3, -0.25) is 13.9 Å². The Balaban J connectivity index is 0.000000267. The minimum absolute atomic E-state index is 0. The van der Waals surface area contributed by atoms with E-state index in [-0.39, 0.29) is 45.2 Å². The molecular formula is C32H31BN4NaO2. The summed E-state index contributed by atoms with van der Waals surface area (Å²) in [6.07, 6.45) is 3.16. The minimum Gasteiger partial charge on any atom is -1.00 e. The van der Waals surface area contributed by atoms with Crippen LogP contribution >= 0.6 is 0 Å². The van der Waals surface area contributed by atoms with Gasteiger partial charge in [-0.2, -0.15) is 0 Å². The molecule has 0 bridgehead atoms. The van der Waals surface area contributed by atoms with Gasteiger partial charge < -0.3 is 6.53 Å². The van der Waals surface area contributed by atoms with E-state index in [1.807, 2.05) is 65.5 Å². The van der Waals surface area contributed by atoms with Gasteiger partial charge in [0.1, 0.15) is 12.7 Å². The smallest absolute Gasteiger partial charge is 1.00 e. The molecule has 40 heavy (non-hydrogen) atoms. The predicted octanol–water partition coefficient (Wildman–Crippen LogP) is 3.66. The van der Waals surface area contributed by atoms with Gasteiger partial charge in [0.2, 0.25) is 0 Å². The van der Waals surface area contributed by atoms with Gasteiger partial charge in [0.15, 0.2) is 5.78 Å². The zero-order valence-electron chi connectivity index (χ0n) is 24.5. The molecule has 0 saturated heterocycles. The number of Topliss-reactive ketones (excluding diaryl/α,β-unsaturated/α-hetero) is 1. The van der Waals surface area contributed by atoms with Gasteiger partial charge in [0.05, 0.1) is 28.2 Å². The van der Waals surface area contributed by atoms with Crippen LogP contribution in [-0.2, 0) is 0 Å². The Bertz CT molecular complexity index is 1780. The SMILES string of the molecule is CC(=O)c1ccc2c(c1)ncn2-c1cccc(C)c1.Cc1cccc(-n2cnc3cc(C(C)O)ccc32)c1.[B].[H-].[Na+]. The first-order chi connectivity index (χ1) is 18.3. The maximum absolute atomic E-state index is 11.4. The van der Waals surface area contributed by atoms with E-state index >= 15 is 0 Å². The second-order valence-corrected chi connectivity index (χ2v) is 9.59. The number of hydrogen-bond donors (Lipinski definition) is 1. The van der Waals surface area contributed by atoms with Crippen LogP contribution in [0.3, 0.4) is 0 Å². The van der Waals surface area contributed by atoms with Crippen molar-refractivity contribution in [3.63, 3.8) is 0 Å². The molecule has 0 fully saturated rings. The molecule has 2 aromatic heterocycles. The van der Waals surface area contributed by atoms with Crippen LogP contribution in [0.5, 0.6) is 0 Å². The van der Waals surface area contributed by atoms with Crippen molar-refractivity contribution in [2.24, 2.45) is 0 Å². The molecule has 2 heterocycles. The largest absolute Gasteiger partial charge is 1.00 e. The number of aryl methyl sites for hydroxylation is 2. The van der Waals surface area contributed by atoms with E-state index in [9.17, 15) is 9.90 Å². The molecule has 0 aliphatic rings. The number of nitrogens with zero attached hydrogens (tertiary/aromatic N) is 4. The molecule has 0 spiro atoms. The molecule has 195 valence electrons. The molecule has 1 N–H and O–H groups in total. The zero-order chi connectivity index (χ0) is 26.8. The molecular weight excluding hydrogens is 506 g/mol. The van der Waals surface area contributed by atoms with Crippen LogP contribution in [0.4, 0.5) is 0 Å². The van der Waals surface area contributed by atoms with Gasteiger partial charge in [0, 0.05) is 25.4 Å². The van der Waals surface area contributed by atoms with Crippen molar-refractivity contribution in [1.29, 1.82) is 0 Å². The fourth-order valence-corrected chi connectivity index (χ4v) is 4.49. The molecule has 0 aliphatic carbocycles. The molecule has 6 aromatic rings. The number of hydrogen-bond acceptors (Lipinski definition) is 4. The van der Waals surface area contributed by atoms with Gasteiger partial charge in [-0.05, 0) is 99.0 Å². The van der Waals surface area contributed by atoms with Gasteiger partial charge in [-0.15, -0.1) is 0 Å². The van der Waals surface area contributed by atoms with E-state index in [1.165, 1.54) is 11.1 Å². The van der Waals surface area contributed by atoms with Crippen LogP contribution in [0.2, 0.25) is 0 Å². The van der Waals surface area contributed by atoms with Gasteiger partial charge >= 0.3 is 29.6 Å². The Morgan fingerprint density at radius 2 is 1.27 bits per heavy atom. The Hall–Kier alpha value is -3.49. The normalized spacial score (nSPS) is 11.2. The Morgan fingerprint density at radius 3 is 1.75 bits per heavy atom. The van der Waals surface area contributed by atoms with Crippen LogP contribution in [0.1, 0.15) is 48.4 Å². The molecule has 6 nitrogen and oxygen atoms in total. The third-order valence-corrected chi connectivity index (χ3v) is 6.57. The van der Waals surface area contributed by atoms with Crippen LogP contribution in [0.25, 0.3) is 33.4 Å². The van der Waals surface area contributed by atoms with Crippen molar-refractivity contribution in [2.75, 3.05) is 0 Å². The standard InChI is InChI=1S/C16H16N2O.C16H14N2O.B.Na.H/c2*1-11-4-3-5-14(8-11)18-10-17-15-9-13(12(2)19)6-7-16(15)18;;;/h3-10,12,19H,1-2H3;3-10H,1-2H3;;;/q;;;+1;-1. The number of ketones is 1. The summed E-state index contributed by atoms with van der Waals surface area (Å²) in [6, 6.07) is 28.1. The first kappa shape index (κ1) is 31.0. The van der Waals surface area contributed by atoms with Gasteiger partial charge in [-0.25, -0.2) is 9.97 Å². The first-order valence-electron chi connectivity index (χ1n) is 12.6. The second kappa shape index (κ2) is 13.2. The molecule has 8 heteroatoms. The Kier molecular flexibility index (Phi) is 10.3. The van der Waals surface area contributed by atoms with Crippen LogP contribution in [-0.4, -0.2) is 38.4 Å². The number of benzene rings is 4. The number of rotatable bonds is 4. The molecule has 0 aliphatic heterocycles.